The average Bonchev–Trinajstić information content (AvgIpc) is 3.52. The quantitative estimate of drug-likeness (QED) is 0.562. The minimum Gasteiger partial charge on any atom is -0.454 e. The molecule has 1 atom stereocenters. The Hall–Kier alpha value is -4.46. The molecule has 2 aliphatic rings. The molecule has 8 heteroatoms. The minimum atomic E-state index is -0.847. The molecule has 0 aliphatic carbocycles. The van der Waals surface area contributed by atoms with E-state index in [9.17, 15) is 9.59 Å². The summed E-state index contributed by atoms with van der Waals surface area (Å²) in [6.07, 6.45) is 3.11. The van der Waals surface area contributed by atoms with Crippen molar-refractivity contribution in [2.45, 2.75) is 6.04 Å². The molecule has 34 heavy (non-hydrogen) atoms. The molecule has 0 bridgehead atoms. The summed E-state index contributed by atoms with van der Waals surface area (Å²) in [5.74, 6) is 1.81. The maximum absolute atomic E-state index is 13.3. The van der Waals surface area contributed by atoms with E-state index in [-0.39, 0.29) is 25.4 Å². The zero-order valence-corrected chi connectivity index (χ0v) is 18.4. The van der Waals surface area contributed by atoms with Crippen molar-refractivity contribution in [2.24, 2.45) is 0 Å². The average molecular weight is 458 g/mol. The van der Waals surface area contributed by atoms with Gasteiger partial charge in [0.05, 0.1) is 0 Å². The van der Waals surface area contributed by atoms with Gasteiger partial charge in [-0.05, 0) is 41.5 Å². The second kappa shape index (κ2) is 9.19. The summed E-state index contributed by atoms with van der Waals surface area (Å²) < 4.78 is 21.4. The Kier molecular flexibility index (Phi) is 5.78. The van der Waals surface area contributed by atoms with Crippen LogP contribution in [0.25, 0.3) is 6.08 Å². The van der Waals surface area contributed by atoms with E-state index in [4.69, 9.17) is 18.9 Å². The van der Waals surface area contributed by atoms with Gasteiger partial charge in [0.1, 0.15) is 6.04 Å². The Morgan fingerprint density at radius 1 is 0.853 bits per heavy atom. The van der Waals surface area contributed by atoms with Crippen LogP contribution in [0.2, 0.25) is 0 Å². The Morgan fingerprint density at radius 2 is 1.50 bits per heavy atom. The lowest BCUT2D eigenvalue weighted by atomic mass is 10.0. The fraction of sp³-hybridized carbons (Fsp3) is 0.154. The van der Waals surface area contributed by atoms with Gasteiger partial charge in [0.25, 0.3) is 5.91 Å². The van der Waals surface area contributed by atoms with Crippen molar-refractivity contribution in [1.29, 1.82) is 0 Å². The lowest BCUT2D eigenvalue weighted by molar-refractivity contribution is -0.133. The Labute approximate surface area is 196 Å². The van der Waals surface area contributed by atoms with E-state index in [0.29, 0.717) is 34.2 Å². The van der Waals surface area contributed by atoms with Gasteiger partial charge < -0.3 is 29.2 Å². The first-order valence-corrected chi connectivity index (χ1v) is 10.7. The van der Waals surface area contributed by atoms with E-state index in [1.165, 1.54) is 11.0 Å². The fourth-order valence-electron chi connectivity index (χ4n) is 3.80. The second-order valence-electron chi connectivity index (χ2n) is 7.77. The molecule has 0 saturated carbocycles. The lowest BCUT2D eigenvalue weighted by Crippen LogP contribution is -2.37. The third-order valence-electron chi connectivity index (χ3n) is 5.55. The number of nitrogens with one attached hydrogen (secondary N) is 1. The predicted molar refractivity (Wildman–Crippen MR) is 125 cm³/mol. The van der Waals surface area contributed by atoms with Gasteiger partial charge >= 0.3 is 0 Å². The normalized spacial score (nSPS) is 14.1. The van der Waals surface area contributed by atoms with E-state index in [0.717, 1.165) is 5.56 Å². The summed E-state index contributed by atoms with van der Waals surface area (Å²) in [4.78, 5) is 27.8. The minimum absolute atomic E-state index is 0.145. The van der Waals surface area contributed by atoms with Crippen LogP contribution in [0.5, 0.6) is 23.0 Å². The molecule has 5 rings (SSSR count). The smallest absolute Gasteiger partial charge is 0.251 e. The first-order valence-electron chi connectivity index (χ1n) is 10.7. The second-order valence-corrected chi connectivity index (χ2v) is 7.77. The van der Waals surface area contributed by atoms with Gasteiger partial charge in [-0.1, -0.05) is 36.4 Å². The van der Waals surface area contributed by atoms with Crippen molar-refractivity contribution in [1.82, 2.24) is 4.90 Å². The van der Waals surface area contributed by atoms with Crippen LogP contribution in [0, 0.1) is 0 Å². The largest absolute Gasteiger partial charge is 0.454 e. The van der Waals surface area contributed by atoms with Gasteiger partial charge in [-0.3, -0.25) is 9.59 Å². The van der Waals surface area contributed by atoms with Gasteiger partial charge in [-0.15, -0.1) is 0 Å². The van der Waals surface area contributed by atoms with Crippen LogP contribution in [0.15, 0.2) is 72.8 Å². The number of ether oxygens (including phenoxy) is 4. The number of hydrogen-bond acceptors (Lipinski definition) is 6. The summed E-state index contributed by atoms with van der Waals surface area (Å²) in [5, 5.41) is 2.89. The number of nitrogens with zero attached hydrogens (tertiary/aromatic N) is 1. The molecule has 3 aromatic carbocycles. The summed E-state index contributed by atoms with van der Waals surface area (Å²) in [5.41, 5.74) is 2.02. The number of rotatable bonds is 6. The van der Waals surface area contributed by atoms with E-state index < -0.39 is 6.04 Å². The van der Waals surface area contributed by atoms with Crippen molar-refractivity contribution in [2.75, 3.05) is 26.0 Å². The molecule has 0 radical (unpaired) electrons. The molecule has 0 saturated heterocycles. The number of benzene rings is 3. The van der Waals surface area contributed by atoms with Crippen LogP contribution in [0.3, 0.4) is 0 Å². The fourth-order valence-corrected chi connectivity index (χ4v) is 3.80. The van der Waals surface area contributed by atoms with Gasteiger partial charge in [0, 0.05) is 24.9 Å². The molecular weight excluding hydrogens is 436 g/mol. The van der Waals surface area contributed by atoms with Crippen LogP contribution >= 0.6 is 0 Å². The third kappa shape index (κ3) is 4.38. The molecule has 2 amide bonds. The Morgan fingerprint density at radius 3 is 2.24 bits per heavy atom. The van der Waals surface area contributed by atoms with Crippen molar-refractivity contribution in [3.8, 4) is 23.0 Å². The van der Waals surface area contributed by atoms with Crippen LogP contribution < -0.4 is 24.3 Å². The first kappa shape index (κ1) is 21.4. The van der Waals surface area contributed by atoms with Crippen molar-refractivity contribution in [3.05, 3.63) is 83.9 Å². The van der Waals surface area contributed by atoms with Crippen molar-refractivity contribution in [3.63, 3.8) is 0 Å². The van der Waals surface area contributed by atoms with Gasteiger partial charge in [0.2, 0.25) is 19.5 Å². The molecule has 0 fully saturated rings. The summed E-state index contributed by atoms with van der Waals surface area (Å²) in [6.45, 7) is 0.327. The first-order chi connectivity index (χ1) is 16.6. The van der Waals surface area contributed by atoms with E-state index in [1.54, 1.807) is 43.5 Å². The molecule has 1 unspecified atom stereocenters. The molecule has 1 N–H and O–H groups in total. The predicted octanol–water partition coefficient (Wildman–Crippen LogP) is 4.00. The van der Waals surface area contributed by atoms with Gasteiger partial charge in [-0.25, -0.2) is 0 Å². The highest BCUT2D eigenvalue weighted by Gasteiger charge is 2.28. The maximum Gasteiger partial charge on any atom is 0.251 e. The van der Waals surface area contributed by atoms with Crippen molar-refractivity contribution < 1.29 is 28.5 Å². The Bertz CT molecular complexity index is 1260. The zero-order valence-electron chi connectivity index (χ0n) is 18.4. The highest BCUT2D eigenvalue weighted by molar-refractivity contribution is 6.00. The number of likely N-dealkylation sites (N-methyl/N-ethyl adjacent to an activating group) is 1. The number of carbonyl (C=O) groups is 2. The standard InChI is InChI=1S/C26H22N2O6/c1-28(24(29)12-8-17-7-10-20-22(13-17)33-15-31-20)25(18-5-3-2-4-6-18)26(30)27-19-9-11-21-23(14-19)34-16-32-21/h2-14,25H,15-16H2,1H3,(H,27,30). The third-order valence-corrected chi connectivity index (χ3v) is 5.55. The molecule has 2 heterocycles. The Balaban J connectivity index is 1.35. The molecular formula is C26H22N2O6. The maximum atomic E-state index is 13.3. The molecule has 3 aromatic rings. The van der Waals surface area contributed by atoms with Crippen LogP contribution in [-0.4, -0.2) is 37.3 Å². The van der Waals surface area contributed by atoms with E-state index >= 15 is 0 Å². The highest BCUT2D eigenvalue weighted by atomic mass is 16.7. The molecule has 8 nitrogen and oxygen atoms in total. The van der Waals surface area contributed by atoms with E-state index in [2.05, 4.69) is 5.32 Å². The summed E-state index contributed by atoms with van der Waals surface area (Å²) in [7, 11) is 1.60. The number of amides is 2. The van der Waals surface area contributed by atoms with Crippen LogP contribution in [-0.2, 0) is 9.59 Å². The van der Waals surface area contributed by atoms with E-state index in [1.807, 2.05) is 36.4 Å². The highest BCUT2D eigenvalue weighted by Crippen LogP contribution is 2.35. The van der Waals surface area contributed by atoms with Crippen molar-refractivity contribution >= 4 is 23.6 Å². The lowest BCUT2D eigenvalue weighted by Gasteiger charge is -2.27. The molecule has 0 aromatic heterocycles. The molecule has 172 valence electrons. The summed E-state index contributed by atoms with van der Waals surface area (Å²) in [6, 6.07) is 18.9. The number of anilines is 1. The zero-order chi connectivity index (χ0) is 23.5. The molecule has 0 spiro atoms. The summed E-state index contributed by atoms with van der Waals surface area (Å²) >= 11 is 0. The van der Waals surface area contributed by atoms with Gasteiger partial charge in [-0.2, -0.15) is 0 Å². The van der Waals surface area contributed by atoms with Crippen LogP contribution in [0.1, 0.15) is 17.2 Å². The van der Waals surface area contributed by atoms with Crippen LogP contribution in [0.4, 0.5) is 5.69 Å². The monoisotopic (exact) mass is 458 g/mol. The number of fused-ring (bicyclic) bond motifs is 2. The number of carbonyl (C=O) groups excluding carboxylic acids is 2. The number of hydrogen-bond donors (Lipinski definition) is 1. The SMILES string of the molecule is CN(C(=O)C=Cc1ccc2c(c1)OCO2)C(C(=O)Nc1ccc2c(c1)OCO2)c1ccccc1. The van der Waals surface area contributed by atoms with Gasteiger partial charge in [0.15, 0.2) is 23.0 Å². The molecule has 2 aliphatic heterocycles. The topological polar surface area (TPSA) is 86.3 Å².